The maximum absolute atomic E-state index is 13.5. The second-order valence-corrected chi connectivity index (χ2v) is 4.69. The lowest BCUT2D eigenvalue weighted by molar-refractivity contribution is -0.142. The quantitative estimate of drug-likeness (QED) is 0.437. The molecule has 0 aliphatic carbocycles. The molecule has 0 saturated carbocycles. The van der Waals surface area contributed by atoms with E-state index in [1.54, 1.807) is 30.3 Å². The van der Waals surface area contributed by atoms with Crippen LogP contribution in [-0.4, -0.2) is 6.61 Å². The molecule has 6 heteroatoms. The molecule has 0 radical (unpaired) electrons. The molecule has 0 saturated heterocycles. The van der Waals surface area contributed by atoms with Gasteiger partial charge in [-0.25, -0.2) is 8.78 Å². The van der Waals surface area contributed by atoms with Gasteiger partial charge in [0.25, 0.3) is 0 Å². The first-order valence-electron chi connectivity index (χ1n) is 6.73. The molecule has 2 rings (SSSR count). The van der Waals surface area contributed by atoms with Crippen LogP contribution in [0.5, 0.6) is 5.75 Å². The summed E-state index contributed by atoms with van der Waals surface area (Å²) >= 11 is 0. The predicted octanol–water partition coefficient (Wildman–Crippen LogP) is 4.95. The van der Waals surface area contributed by atoms with Crippen LogP contribution < -0.4 is 4.74 Å². The minimum absolute atomic E-state index is 0.190. The molecule has 0 aliphatic rings. The third kappa shape index (κ3) is 4.35. The lowest BCUT2D eigenvalue weighted by atomic mass is 10.1. The van der Waals surface area contributed by atoms with Crippen molar-refractivity contribution in [2.45, 2.75) is 6.18 Å². The van der Waals surface area contributed by atoms with E-state index >= 15 is 0 Å². The Balaban J connectivity index is 2.23. The molecule has 2 aromatic rings. The zero-order chi connectivity index (χ0) is 17.7. The van der Waals surface area contributed by atoms with Crippen molar-refractivity contribution in [3.63, 3.8) is 0 Å². The van der Waals surface area contributed by atoms with Gasteiger partial charge in [0, 0.05) is 11.1 Å². The molecule has 0 aliphatic heterocycles. The van der Waals surface area contributed by atoms with Crippen molar-refractivity contribution in [3.8, 4) is 17.6 Å². The van der Waals surface area contributed by atoms with Gasteiger partial charge < -0.3 is 4.74 Å². The second kappa shape index (κ2) is 7.18. The van der Waals surface area contributed by atoms with Gasteiger partial charge in [-0.3, -0.25) is 0 Å². The number of halogens is 5. The van der Waals surface area contributed by atoms with E-state index in [9.17, 15) is 22.0 Å². The first-order chi connectivity index (χ1) is 11.3. The molecule has 0 unspecified atom stereocenters. The summed E-state index contributed by atoms with van der Waals surface area (Å²) < 4.78 is 69.6. The van der Waals surface area contributed by atoms with Crippen molar-refractivity contribution in [1.29, 1.82) is 0 Å². The van der Waals surface area contributed by atoms with Gasteiger partial charge in [-0.05, 0) is 36.4 Å². The van der Waals surface area contributed by atoms with Crippen molar-refractivity contribution < 1.29 is 26.7 Å². The Labute approximate surface area is 135 Å². The average molecular weight is 338 g/mol. The van der Waals surface area contributed by atoms with Crippen LogP contribution in [-0.2, 0) is 6.18 Å². The second-order valence-electron chi connectivity index (χ2n) is 4.69. The molecule has 0 fully saturated rings. The Hall–Kier alpha value is -2.81. The van der Waals surface area contributed by atoms with E-state index < -0.39 is 23.4 Å². The number of ether oxygens (including phenoxy) is 1. The minimum atomic E-state index is -5.10. The van der Waals surface area contributed by atoms with Crippen LogP contribution in [0.1, 0.15) is 16.7 Å². The number of alkyl halides is 3. The molecular weight excluding hydrogens is 327 g/mol. The molecule has 24 heavy (non-hydrogen) atoms. The largest absolute Gasteiger partial charge is 0.490 e. The Bertz CT molecular complexity index is 772. The summed E-state index contributed by atoms with van der Waals surface area (Å²) in [4.78, 5) is 0. The highest BCUT2D eigenvalue weighted by molar-refractivity contribution is 5.45. The van der Waals surface area contributed by atoms with E-state index in [-0.39, 0.29) is 5.56 Å². The first kappa shape index (κ1) is 17.5. The topological polar surface area (TPSA) is 9.23 Å². The van der Waals surface area contributed by atoms with Gasteiger partial charge in [-0.2, -0.15) is 13.2 Å². The highest BCUT2D eigenvalue weighted by Crippen LogP contribution is 2.33. The van der Waals surface area contributed by atoms with Crippen LogP contribution in [0.3, 0.4) is 0 Å². The number of hydrogen-bond donors (Lipinski definition) is 0. The zero-order valence-electron chi connectivity index (χ0n) is 12.3. The molecule has 0 atom stereocenters. The Morgan fingerprint density at radius 1 is 0.958 bits per heavy atom. The fourth-order valence-corrected chi connectivity index (χ4v) is 1.85. The third-order valence-electron chi connectivity index (χ3n) is 2.90. The van der Waals surface area contributed by atoms with Crippen LogP contribution in [0.2, 0.25) is 0 Å². The molecule has 0 bridgehead atoms. The SMILES string of the molecule is C=CCOc1ccc(C#Cc2cc(F)c(C(F)(F)F)c(F)c2)cc1. The van der Waals surface area contributed by atoms with Crippen LogP contribution in [0.4, 0.5) is 22.0 Å². The zero-order valence-corrected chi connectivity index (χ0v) is 12.3. The van der Waals surface area contributed by atoms with E-state index in [2.05, 4.69) is 18.4 Å². The van der Waals surface area contributed by atoms with E-state index in [1.807, 2.05) is 0 Å². The smallest absolute Gasteiger partial charge is 0.422 e. The maximum Gasteiger partial charge on any atom is 0.422 e. The van der Waals surface area contributed by atoms with Crippen LogP contribution in [0, 0.1) is 23.5 Å². The summed E-state index contributed by atoms with van der Waals surface area (Å²) in [6.45, 7) is 3.86. The highest BCUT2D eigenvalue weighted by Gasteiger charge is 2.37. The third-order valence-corrected chi connectivity index (χ3v) is 2.90. The van der Waals surface area contributed by atoms with Gasteiger partial charge in [0.1, 0.15) is 29.6 Å². The highest BCUT2D eigenvalue weighted by atomic mass is 19.4. The van der Waals surface area contributed by atoms with Crippen molar-refractivity contribution in [2.75, 3.05) is 6.61 Å². The predicted molar refractivity (Wildman–Crippen MR) is 79.5 cm³/mol. The first-order valence-corrected chi connectivity index (χ1v) is 6.73. The Morgan fingerprint density at radius 2 is 1.50 bits per heavy atom. The van der Waals surface area contributed by atoms with E-state index in [4.69, 9.17) is 4.74 Å². The lowest BCUT2D eigenvalue weighted by Gasteiger charge is -2.09. The Morgan fingerprint density at radius 3 is 2.00 bits per heavy atom. The molecule has 0 aromatic heterocycles. The number of benzene rings is 2. The van der Waals surface area contributed by atoms with Crippen molar-refractivity contribution in [2.24, 2.45) is 0 Å². The van der Waals surface area contributed by atoms with Gasteiger partial charge in [-0.15, -0.1) is 0 Å². The van der Waals surface area contributed by atoms with Crippen molar-refractivity contribution >= 4 is 0 Å². The molecular formula is C18H11F5O. The summed E-state index contributed by atoms with van der Waals surface area (Å²) in [7, 11) is 0. The van der Waals surface area contributed by atoms with Crippen LogP contribution >= 0.6 is 0 Å². The van der Waals surface area contributed by atoms with Gasteiger partial charge in [0.2, 0.25) is 0 Å². The minimum Gasteiger partial charge on any atom is -0.490 e. The number of rotatable bonds is 3. The molecule has 0 heterocycles. The molecule has 124 valence electrons. The molecule has 2 aromatic carbocycles. The fraction of sp³-hybridized carbons (Fsp3) is 0.111. The van der Waals surface area contributed by atoms with Gasteiger partial charge >= 0.3 is 6.18 Å². The Kier molecular flexibility index (Phi) is 5.24. The lowest BCUT2D eigenvalue weighted by Crippen LogP contribution is -2.11. The van der Waals surface area contributed by atoms with Gasteiger partial charge in [-0.1, -0.05) is 24.5 Å². The molecule has 0 amide bonds. The van der Waals surface area contributed by atoms with Crippen molar-refractivity contribution in [1.82, 2.24) is 0 Å². The van der Waals surface area contributed by atoms with Crippen LogP contribution in [0.15, 0.2) is 49.1 Å². The monoisotopic (exact) mass is 338 g/mol. The summed E-state index contributed by atoms with van der Waals surface area (Å²) in [5.41, 5.74) is -1.59. The molecule has 1 nitrogen and oxygen atoms in total. The van der Waals surface area contributed by atoms with E-state index in [0.29, 0.717) is 30.1 Å². The average Bonchev–Trinajstić information content (AvgIpc) is 2.50. The molecule has 0 N–H and O–H groups in total. The fourth-order valence-electron chi connectivity index (χ4n) is 1.85. The van der Waals surface area contributed by atoms with Crippen molar-refractivity contribution in [3.05, 3.63) is 77.4 Å². The normalized spacial score (nSPS) is 10.7. The number of hydrogen-bond acceptors (Lipinski definition) is 1. The van der Waals surface area contributed by atoms with E-state index in [1.165, 1.54) is 0 Å². The molecule has 0 spiro atoms. The maximum atomic E-state index is 13.5. The summed E-state index contributed by atoms with van der Waals surface area (Å²) in [5.74, 6) is 2.25. The van der Waals surface area contributed by atoms with E-state index in [0.717, 1.165) is 0 Å². The summed E-state index contributed by atoms with van der Waals surface area (Å²) in [6, 6.07) is 7.62. The standard InChI is InChI=1S/C18H11F5O/c1-2-9-24-14-7-5-12(6-8-14)3-4-13-10-15(19)17(16(20)11-13)18(21,22)23/h2,5-8,10-11H,1,9H2. The van der Waals surface area contributed by atoms with Gasteiger partial charge in [0.15, 0.2) is 0 Å². The summed E-state index contributed by atoms with van der Waals surface area (Å²) in [5, 5.41) is 0. The van der Waals surface area contributed by atoms with Crippen LogP contribution in [0.25, 0.3) is 0 Å². The summed E-state index contributed by atoms with van der Waals surface area (Å²) in [6.07, 6.45) is -3.51. The van der Waals surface area contributed by atoms with Gasteiger partial charge in [0.05, 0.1) is 0 Å².